The Labute approximate surface area is 130 Å². The summed E-state index contributed by atoms with van der Waals surface area (Å²) >= 11 is 0. The van der Waals surface area contributed by atoms with Crippen LogP contribution >= 0.6 is 0 Å². The van der Waals surface area contributed by atoms with Crippen LogP contribution in [-0.2, 0) is 4.79 Å². The van der Waals surface area contributed by atoms with Crippen LogP contribution in [-0.4, -0.2) is 61.5 Å². The topological polar surface area (TPSA) is 35.6 Å². The number of piperidine rings is 1. The summed E-state index contributed by atoms with van der Waals surface area (Å²) in [6, 6.07) is 0.389. The lowest BCUT2D eigenvalue weighted by atomic mass is 9.75. The maximum absolute atomic E-state index is 13.4. The van der Waals surface area contributed by atoms with Crippen molar-refractivity contribution in [2.75, 3.05) is 39.8 Å². The zero-order valence-corrected chi connectivity index (χ0v) is 14.2. The molecule has 4 heteroatoms. The van der Waals surface area contributed by atoms with E-state index < -0.39 is 0 Å². The summed E-state index contributed by atoms with van der Waals surface area (Å²) in [6.45, 7) is 9.44. The van der Waals surface area contributed by atoms with E-state index in [0.29, 0.717) is 11.9 Å². The first-order chi connectivity index (χ1) is 10.1. The van der Waals surface area contributed by atoms with Gasteiger partial charge in [0.25, 0.3) is 0 Å². The second kappa shape index (κ2) is 7.59. The monoisotopic (exact) mass is 295 g/mol. The van der Waals surface area contributed by atoms with E-state index in [1.165, 1.54) is 0 Å². The first-order valence-electron chi connectivity index (χ1n) is 8.83. The predicted octanol–water partition coefficient (Wildman–Crippen LogP) is 2.10. The summed E-state index contributed by atoms with van der Waals surface area (Å²) in [6.07, 6.45) is 6.49. The van der Waals surface area contributed by atoms with Gasteiger partial charge in [-0.1, -0.05) is 20.3 Å². The molecule has 2 heterocycles. The van der Waals surface area contributed by atoms with Crippen molar-refractivity contribution in [2.45, 2.75) is 58.4 Å². The van der Waals surface area contributed by atoms with Crippen LogP contribution in [0.25, 0.3) is 0 Å². The van der Waals surface area contributed by atoms with Crippen molar-refractivity contribution < 1.29 is 4.79 Å². The molecule has 2 aliphatic heterocycles. The van der Waals surface area contributed by atoms with Crippen LogP contribution in [0.2, 0.25) is 0 Å². The summed E-state index contributed by atoms with van der Waals surface area (Å²) < 4.78 is 0. The van der Waals surface area contributed by atoms with E-state index in [4.69, 9.17) is 0 Å². The number of carbonyl (C=O) groups excluding carboxylic acids is 1. The van der Waals surface area contributed by atoms with E-state index >= 15 is 0 Å². The number of carbonyl (C=O) groups is 1. The molecule has 2 saturated heterocycles. The molecule has 2 atom stereocenters. The number of amides is 1. The minimum atomic E-state index is -0.136. The molecule has 2 unspecified atom stereocenters. The largest absolute Gasteiger partial charge is 0.338 e. The highest BCUT2D eigenvalue weighted by Crippen LogP contribution is 2.35. The van der Waals surface area contributed by atoms with Crippen molar-refractivity contribution >= 4 is 5.91 Å². The highest BCUT2D eigenvalue weighted by Gasteiger charge is 2.43. The highest BCUT2D eigenvalue weighted by molar-refractivity contribution is 5.83. The Balaban J connectivity index is 2.17. The average molecular weight is 295 g/mol. The Morgan fingerprint density at radius 1 is 1.29 bits per heavy atom. The van der Waals surface area contributed by atoms with E-state index in [0.717, 1.165) is 71.2 Å². The van der Waals surface area contributed by atoms with Gasteiger partial charge in [-0.3, -0.25) is 4.79 Å². The van der Waals surface area contributed by atoms with Crippen LogP contribution in [0.5, 0.6) is 0 Å². The lowest BCUT2D eigenvalue weighted by Gasteiger charge is -2.42. The molecule has 0 spiro atoms. The van der Waals surface area contributed by atoms with Crippen LogP contribution in [0.3, 0.4) is 0 Å². The van der Waals surface area contributed by atoms with Gasteiger partial charge in [0.05, 0.1) is 5.41 Å². The predicted molar refractivity (Wildman–Crippen MR) is 87.4 cm³/mol. The third kappa shape index (κ3) is 3.78. The van der Waals surface area contributed by atoms with Crippen LogP contribution in [0, 0.1) is 5.41 Å². The Kier molecular flexibility index (Phi) is 6.06. The third-order valence-corrected chi connectivity index (χ3v) is 5.29. The molecule has 4 nitrogen and oxygen atoms in total. The minimum absolute atomic E-state index is 0.136. The summed E-state index contributed by atoms with van der Waals surface area (Å²) in [7, 11) is 2.18. The van der Waals surface area contributed by atoms with Crippen LogP contribution in [0.1, 0.15) is 52.4 Å². The van der Waals surface area contributed by atoms with E-state index in [9.17, 15) is 4.79 Å². The van der Waals surface area contributed by atoms with Gasteiger partial charge in [0, 0.05) is 25.7 Å². The Morgan fingerprint density at radius 2 is 2.10 bits per heavy atom. The maximum atomic E-state index is 13.4. The average Bonchev–Trinajstić information content (AvgIpc) is 2.69. The van der Waals surface area contributed by atoms with Gasteiger partial charge in [0.15, 0.2) is 0 Å². The fourth-order valence-electron chi connectivity index (χ4n) is 4.11. The van der Waals surface area contributed by atoms with Crippen LogP contribution < -0.4 is 5.32 Å². The van der Waals surface area contributed by atoms with Crippen LogP contribution in [0.15, 0.2) is 0 Å². The molecule has 0 aliphatic carbocycles. The van der Waals surface area contributed by atoms with Crippen molar-refractivity contribution in [2.24, 2.45) is 5.41 Å². The van der Waals surface area contributed by atoms with Crippen molar-refractivity contribution in [3.63, 3.8) is 0 Å². The molecule has 21 heavy (non-hydrogen) atoms. The summed E-state index contributed by atoms with van der Waals surface area (Å²) in [5.41, 5.74) is -0.136. The Morgan fingerprint density at radius 3 is 2.71 bits per heavy atom. The van der Waals surface area contributed by atoms with Gasteiger partial charge in [-0.2, -0.15) is 0 Å². The van der Waals surface area contributed by atoms with Crippen LogP contribution in [0.4, 0.5) is 0 Å². The smallest absolute Gasteiger partial charge is 0.230 e. The van der Waals surface area contributed by atoms with Crippen molar-refractivity contribution in [3.8, 4) is 0 Å². The fraction of sp³-hybridized carbons (Fsp3) is 0.941. The lowest BCUT2D eigenvalue weighted by Crippen LogP contribution is -2.55. The Hall–Kier alpha value is -0.610. The molecule has 0 radical (unpaired) electrons. The van der Waals surface area contributed by atoms with Crippen molar-refractivity contribution in [1.82, 2.24) is 15.1 Å². The Bertz CT molecular complexity index is 333. The third-order valence-electron chi connectivity index (χ3n) is 5.29. The maximum Gasteiger partial charge on any atom is 0.230 e. The SMILES string of the molecule is CCCC1(C(=O)N2CCCN(C)CC2CC)CCCNC1. The molecule has 0 aromatic rings. The molecule has 0 aromatic heterocycles. The number of hydrogen-bond acceptors (Lipinski definition) is 3. The zero-order valence-electron chi connectivity index (χ0n) is 14.2. The number of rotatable bonds is 4. The number of likely N-dealkylation sites (N-methyl/N-ethyl adjacent to an activating group) is 1. The number of nitrogens with one attached hydrogen (secondary N) is 1. The highest BCUT2D eigenvalue weighted by atomic mass is 16.2. The molecule has 0 bridgehead atoms. The first kappa shape index (κ1) is 16.8. The molecular formula is C17H33N3O. The fourth-order valence-corrected chi connectivity index (χ4v) is 4.11. The molecule has 1 amide bonds. The molecule has 0 saturated carbocycles. The second-order valence-electron chi connectivity index (χ2n) is 6.99. The second-order valence-corrected chi connectivity index (χ2v) is 6.99. The van der Waals surface area contributed by atoms with E-state index in [2.05, 4.69) is 36.0 Å². The quantitative estimate of drug-likeness (QED) is 0.863. The van der Waals surface area contributed by atoms with Gasteiger partial charge in [-0.25, -0.2) is 0 Å². The standard InChI is InChI=1S/C17H33N3O/c1-4-8-17(9-6-10-18-14-17)16(21)20-12-7-11-19(3)13-15(20)5-2/h15,18H,4-14H2,1-3H3. The van der Waals surface area contributed by atoms with E-state index in [1.54, 1.807) is 0 Å². The summed E-state index contributed by atoms with van der Waals surface area (Å²) in [5.74, 6) is 0.429. The summed E-state index contributed by atoms with van der Waals surface area (Å²) in [4.78, 5) is 18.0. The molecule has 122 valence electrons. The minimum Gasteiger partial charge on any atom is -0.338 e. The normalized spacial score (nSPS) is 32.0. The first-order valence-corrected chi connectivity index (χ1v) is 8.83. The molecular weight excluding hydrogens is 262 g/mol. The molecule has 0 aromatic carbocycles. The number of nitrogens with zero attached hydrogens (tertiary/aromatic N) is 2. The van der Waals surface area contributed by atoms with Gasteiger partial charge in [-0.15, -0.1) is 0 Å². The van der Waals surface area contributed by atoms with Gasteiger partial charge in [0.2, 0.25) is 5.91 Å². The molecule has 2 aliphatic rings. The van der Waals surface area contributed by atoms with Crippen molar-refractivity contribution in [1.29, 1.82) is 0 Å². The molecule has 2 rings (SSSR count). The van der Waals surface area contributed by atoms with E-state index in [-0.39, 0.29) is 5.41 Å². The van der Waals surface area contributed by atoms with E-state index in [1.807, 2.05) is 0 Å². The zero-order chi connectivity index (χ0) is 15.3. The van der Waals surface area contributed by atoms with Crippen molar-refractivity contribution in [3.05, 3.63) is 0 Å². The van der Waals surface area contributed by atoms with Gasteiger partial charge in [-0.05, 0) is 52.2 Å². The molecule has 1 N–H and O–H groups in total. The number of hydrogen-bond donors (Lipinski definition) is 1. The van der Waals surface area contributed by atoms with Gasteiger partial charge >= 0.3 is 0 Å². The van der Waals surface area contributed by atoms with Gasteiger partial charge in [0.1, 0.15) is 0 Å². The lowest BCUT2D eigenvalue weighted by molar-refractivity contribution is -0.146. The van der Waals surface area contributed by atoms with Gasteiger partial charge < -0.3 is 15.1 Å². The molecule has 2 fully saturated rings. The summed E-state index contributed by atoms with van der Waals surface area (Å²) in [5, 5.41) is 3.48.